The van der Waals surface area contributed by atoms with Gasteiger partial charge in [-0.3, -0.25) is 4.98 Å². The molecule has 3 aromatic rings. The average Bonchev–Trinajstić information content (AvgIpc) is 2.63. The molecule has 2 heteroatoms. The minimum atomic E-state index is 1.04. The standard InChI is InChI=1S/C23H23NS/c1-4-5-14-25-22-16-19(12-11-18(22)3)21-10-7-13-24-23(21)20-9-6-8-17(2)15-20/h5-16H,4H2,1-3H3/b14-5-. The van der Waals surface area contributed by atoms with Gasteiger partial charge in [0.05, 0.1) is 5.69 Å². The third-order valence-corrected chi connectivity index (χ3v) is 5.15. The molecule has 0 fully saturated rings. The van der Waals surface area contributed by atoms with Crippen molar-refractivity contribution in [1.82, 2.24) is 4.98 Å². The Balaban J connectivity index is 2.05. The zero-order valence-corrected chi connectivity index (χ0v) is 15.8. The predicted octanol–water partition coefficient (Wildman–Crippen LogP) is 7.05. The lowest BCUT2D eigenvalue weighted by atomic mass is 9.98. The van der Waals surface area contributed by atoms with Crippen molar-refractivity contribution in [2.75, 3.05) is 0 Å². The van der Waals surface area contributed by atoms with Crippen LogP contribution in [0.3, 0.4) is 0 Å². The molecule has 25 heavy (non-hydrogen) atoms. The number of allylic oxidation sites excluding steroid dienone is 1. The minimum Gasteiger partial charge on any atom is -0.256 e. The van der Waals surface area contributed by atoms with E-state index in [-0.39, 0.29) is 0 Å². The first-order valence-electron chi connectivity index (χ1n) is 8.64. The van der Waals surface area contributed by atoms with E-state index in [9.17, 15) is 0 Å². The van der Waals surface area contributed by atoms with E-state index in [1.807, 2.05) is 12.3 Å². The first kappa shape index (κ1) is 17.5. The van der Waals surface area contributed by atoms with Crippen molar-refractivity contribution >= 4 is 11.8 Å². The van der Waals surface area contributed by atoms with Gasteiger partial charge in [-0.1, -0.05) is 66.7 Å². The van der Waals surface area contributed by atoms with Crippen LogP contribution in [0, 0.1) is 13.8 Å². The van der Waals surface area contributed by atoms with E-state index >= 15 is 0 Å². The largest absolute Gasteiger partial charge is 0.256 e. The number of aromatic nitrogens is 1. The molecule has 1 nitrogen and oxygen atoms in total. The average molecular weight is 346 g/mol. The fraction of sp³-hybridized carbons (Fsp3) is 0.174. The highest BCUT2D eigenvalue weighted by Gasteiger charge is 2.10. The molecule has 1 aromatic heterocycles. The molecule has 0 saturated heterocycles. The quantitative estimate of drug-likeness (QED) is 0.460. The van der Waals surface area contributed by atoms with E-state index in [1.54, 1.807) is 11.8 Å². The fourth-order valence-corrected chi connectivity index (χ4v) is 3.66. The molecule has 1 heterocycles. The third kappa shape index (κ3) is 4.21. The maximum atomic E-state index is 4.67. The molecule has 0 N–H and O–H groups in total. The highest BCUT2D eigenvalue weighted by Crippen LogP contribution is 2.34. The van der Waals surface area contributed by atoms with Crippen molar-refractivity contribution in [3.05, 3.63) is 83.4 Å². The van der Waals surface area contributed by atoms with Crippen molar-refractivity contribution in [3.8, 4) is 22.4 Å². The van der Waals surface area contributed by atoms with Crippen LogP contribution in [0.2, 0.25) is 0 Å². The highest BCUT2D eigenvalue weighted by molar-refractivity contribution is 8.02. The summed E-state index contributed by atoms with van der Waals surface area (Å²) in [5.41, 5.74) is 7.14. The Hall–Kier alpha value is -2.32. The number of hydrogen-bond donors (Lipinski definition) is 0. The van der Waals surface area contributed by atoms with Gasteiger partial charge in [-0.15, -0.1) is 0 Å². The molecule has 0 saturated carbocycles. The maximum absolute atomic E-state index is 4.67. The second-order valence-corrected chi connectivity index (χ2v) is 7.09. The Morgan fingerprint density at radius 2 is 1.84 bits per heavy atom. The third-order valence-electron chi connectivity index (χ3n) is 4.13. The molecule has 0 radical (unpaired) electrons. The number of rotatable bonds is 5. The van der Waals surface area contributed by atoms with E-state index in [0.29, 0.717) is 0 Å². The van der Waals surface area contributed by atoms with Gasteiger partial charge in [0.2, 0.25) is 0 Å². The van der Waals surface area contributed by atoms with Gasteiger partial charge in [0.25, 0.3) is 0 Å². The van der Waals surface area contributed by atoms with Crippen molar-refractivity contribution in [1.29, 1.82) is 0 Å². The molecular weight excluding hydrogens is 322 g/mol. The summed E-state index contributed by atoms with van der Waals surface area (Å²) in [6.07, 6.45) is 5.12. The summed E-state index contributed by atoms with van der Waals surface area (Å²) in [5.74, 6) is 0. The van der Waals surface area contributed by atoms with Crippen LogP contribution in [-0.2, 0) is 0 Å². The van der Waals surface area contributed by atoms with Crippen LogP contribution in [0.25, 0.3) is 22.4 Å². The molecule has 0 amide bonds. The van der Waals surface area contributed by atoms with Gasteiger partial charge in [-0.25, -0.2) is 0 Å². The topological polar surface area (TPSA) is 12.9 Å². The van der Waals surface area contributed by atoms with E-state index in [0.717, 1.165) is 17.7 Å². The van der Waals surface area contributed by atoms with E-state index in [1.165, 1.54) is 27.1 Å². The van der Waals surface area contributed by atoms with Gasteiger partial charge >= 0.3 is 0 Å². The highest BCUT2D eigenvalue weighted by atomic mass is 32.2. The van der Waals surface area contributed by atoms with Crippen LogP contribution < -0.4 is 0 Å². The number of pyridine rings is 1. The molecule has 3 rings (SSSR count). The predicted molar refractivity (Wildman–Crippen MR) is 110 cm³/mol. The summed E-state index contributed by atoms with van der Waals surface area (Å²) in [6, 6.07) is 19.4. The molecule has 0 unspecified atom stereocenters. The summed E-state index contributed by atoms with van der Waals surface area (Å²) in [6.45, 7) is 6.44. The van der Waals surface area contributed by atoms with Crippen molar-refractivity contribution in [2.24, 2.45) is 0 Å². The first-order chi connectivity index (χ1) is 12.2. The van der Waals surface area contributed by atoms with E-state index in [4.69, 9.17) is 0 Å². The Bertz CT molecular complexity index is 896. The molecule has 2 aromatic carbocycles. The van der Waals surface area contributed by atoms with Crippen molar-refractivity contribution in [3.63, 3.8) is 0 Å². The minimum absolute atomic E-state index is 1.04. The van der Waals surface area contributed by atoms with Crippen LogP contribution in [0.5, 0.6) is 0 Å². The molecule has 0 aliphatic carbocycles. The normalized spacial score (nSPS) is 11.2. The van der Waals surface area contributed by atoms with Gasteiger partial charge in [0.15, 0.2) is 0 Å². The van der Waals surface area contributed by atoms with Crippen LogP contribution in [0.15, 0.2) is 77.2 Å². The molecule has 0 bridgehead atoms. The van der Waals surface area contributed by atoms with Gasteiger partial charge < -0.3 is 0 Å². The summed E-state index contributed by atoms with van der Waals surface area (Å²) in [5, 5.41) is 2.18. The van der Waals surface area contributed by atoms with Crippen molar-refractivity contribution < 1.29 is 0 Å². The SMILES string of the molecule is CC/C=C\Sc1cc(-c2cccnc2-c2cccc(C)c2)ccc1C. The second-order valence-electron chi connectivity index (χ2n) is 6.15. The zero-order valence-electron chi connectivity index (χ0n) is 15.0. The lowest BCUT2D eigenvalue weighted by molar-refractivity contribution is 1.23. The van der Waals surface area contributed by atoms with Crippen LogP contribution >= 0.6 is 11.8 Å². The Labute approximate surface area is 154 Å². The number of thioether (sulfide) groups is 1. The fourth-order valence-electron chi connectivity index (χ4n) is 2.77. The molecule has 0 atom stereocenters. The van der Waals surface area contributed by atoms with Crippen molar-refractivity contribution in [2.45, 2.75) is 32.1 Å². The van der Waals surface area contributed by atoms with Crippen LogP contribution in [-0.4, -0.2) is 4.98 Å². The molecule has 0 spiro atoms. The number of benzene rings is 2. The maximum Gasteiger partial charge on any atom is 0.0780 e. The summed E-state index contributed by atoms with van der Waals surface area (Å²) in [7, 11) is 0. The summed E-state index contributed by atoms with van der Waals surface area (Å²) < 4.78 is 0. The number of hydrogen-bond acceptors (Lipinski definition) is 2. The zero-order chi connectivity index (χ0) is 17.6. The molecule has 126 valence electrons. The monoisotopic (exact) mass is 345 g/mol. The molecule has 0 aliphatic rings. The Morgan fingerprint density at radius 1 is 0.960 bits per heavy atom. The summed E-state index contributed by atoms with van der Waals surface area (Å²) in [4.78, 5) is 5.97. The summed E-state index contributed by atoms with van der Waals surface area (Å²) >= 11 is 1.78. The number of aryl methyl sites for hydroxylation is 2. The number of nitrogens with zero attached hydrogens (tertiary/aromatic N) is 1. The van der Waals surface area contributed by atoms with Gasteiger partial charge in [-0.2, -0.15) is 0 Å². The Morgan fingerprint density at radius 3 is 2.64 bits per heavy atom. The smallest absolute Gasteiger partial charge is 0.0780 e. The van der Waals surface area contributed by atoms with Crippen LogP contribution in [0.1, 0.15) is 24.5 Å². The second kappa shape index (κ2) is 8.17. The Kier molecular flexibility index (Phi) is 5.72. The molecule has 0 aliphatic heterocycles. The lowest BCUT2D eigenvalue weighted by Crippen LogP contribution is -1.90. The van der Waals surface area contributed by atoms with E-state index < -0.39 is 0 Å². The first-order valence-corrected chi connectivity index (χ1v) is 9.51. The molecular formula is C23H23NS. The van der Waals surface area contributed by atoms with Gasteiger partial charge in [-0.05, 0) is 55.0 Å². The van der Waals surface area contributed by atoms with Crippen LogP contribution in [0.4, 0.5) is 0 Å². The van der Waals surface area contributed by atoms with Gasteiger partial charge in [0, 0.05) is 22.2 Å². The van der Waals surface area contributed by atoms with Gasteiger partial charge in [0.1, 0.15) is 0 Å². The lowest BCUT2D eigenvalue weighted by Gasteiger charge is -2.12. The van der Waals surface area contributed by atoms with E-state index in [2.05, 4.69) is 85.8 Å².